The number of carbonyl (C=O) groups excluding carboxylic acids is 4. The highest BCUT2D eigenvalue weighted by Gasteiger charge is 2.58. The molecule has 0 aliphatic carbocycles. The maximum Gasteiger partial charge on any atom is 0.416 e. The Labute approximate surface area is 282 Å². The van der Waals surface area contributed by atoms with E-state index in [1.54, 1.807) is 32.9 Å². The highest BCUT2D eigenvalue weighted by Crippen LogP contribution is 2.39. The molecule has 1 N–H and O–H groups in total. The zero-order valence-electron chi connectivity index (χ0n) is 27.5. The van der Waals surface area contributed by atoms with Crippen LogP contribution in [0.3, 0.4) is 0 Å². The number of esters is 1. The molecule has 0 saturated carbocycles. The lowest BCUT2D eigenvalue weighted by atomic mass is 9.87. The molecular weight excluding hydrogens is 639 g/mol. The summed E-state index contributed by atoms with van der Waals surface area (Å²) in [6, 6.07) is 17.9. The monoisotopic (exact) mass is 677 g/mol. The Hall–Kier alpha value is -5.13. The van der Waals surface area contributed by atoms with Gasteiger partial charge in [0.15, 0.2) is 0 Å². The molecule has 3 aromatic rings. The predicted molar refractivity (Wildman–Crippen MR) is 175 cm³/mol. The molecule has 5 rings (SSSR count). The number of ether oxygens (including phenoxy) is 2. The van der Waals surface area contributed by atoms with Crippen LogP contribution in [0.4, 0.5) is 18.0 Å². The van der Waals surface area contributed by atoms with Gasteiger partial charge in [0.2, 0.25) is 11.8 Å². The Kier molecular flexibility index (Phi) is 10.2. The number of benzene rings is 3. The summed E-state index contributed by atoms with van der Waals surface area (Å²) in [7, 11) is 0. The molecule has 2 saturated heterocycles. The second kappa shape index (κ2) is 14.2. The van der Waals surface area contributed by atoms with Crippen LogP contribution < -0.4 is 5.32 Å². The summed E-state index contributed by atoms with van der Waals surface area (Å²) >= 11 is 0. The highest BCUT2D eigenvalue weighted by molar-refractivity contribution is 5.99. The molecule has 5 atom stereocenters. The molecular formula is C37H38F3N3O6. The Morgan fingerprint density at radius 1 is 0.980 bits per heavy atom. The molecule has 258 valence electrons. The number of cyclic esters (lactones) is 1. The zero-order chi connectivity index (χ0) is 35.5. The van der Waals surface area contributed by atoms with E-state index in [0.717, 1.165) is 23.3 Å². The van der Waals surface area contributed by atoms with Gasteiger partial charge in [-0.3, -0.25) is 19.3 Å². The first-order valence-electron chi connectivity index (χ1n) is 15.9. The fourth-order valence-electron chi connectivity index (χ4n) is 6.04. The average molecular weight is 678 g/mol. The molecule has 0 bridgehead atoms. The van der Waals surface area contributed by atoms with Gasteiger partial charge >= 0.3 is 18.2 Å². The number of β-lactam (4-membered cyclic amide) rings is 1. The fraction of sp³-hybridized carbons (Fsp3) is 0.351. The number of carbonyl (C=O) groups is 4. The van der Waals surface area contributed by atoms with Gasteiger partial charge in [0.05, 0.1) is 30.1 Å². The molecule has 2 heterocycles. The van der Waals surface area contributed by atoms with Gasteiger partial charge in [0.25, 0.3) is 0 Å². The van der Waals surface area contributed by atoms with Crippen LogP contribution in [-0.4, -0.2) is 64.0 Å². The van der Waals surface area contributed by atoms with Gasteiger partial charge < -0.3 is 19.7 Å². The minimum Gasteiger partial charge on any atom is -0.460 e. The van der Waals surface area contributed by atoms with E-state index in [-0.39, 0.29) is 12.2 Å². The fourth-order valence-corrected chi connectivity index (χ4v) is 6.04. The van der Waals surface area contributed by atoms with Gasteiger partial charge in [0.1, 0.15) is 24.3 Å². The second-order valence-electron chi connectivity index (χ2n) is 13.0. The molecule has 49 heavy (non-hydrogen) atoms. The molecule has 0 radical (unpaired) electrons. The summed E-state index contributed by atoms with van der Waals surface area (Å²) in [5.41, 5.74) is -0.0645. The van der Waals surface area contributed by atoms with Crippen LogP contribution in [0.5, 0.6) is 0 Å². The van der Waals surface area contributed by atoms with Crippen molar-refractivity contribution in [3.05, 3.63) is 113 Å². The minimum atomic E-state index is -4.59. The smallest absolute Gasteiger partial charge is 0.416 e. The second-order valence-corrected chi connectivity index (χ2v) is 13.0. The molecule has 2 aliphatic heterocycles. The average Bonchev–Trinajstić information content (AvgIpc) is 3.42. The number of alkyl halides is 3. The normalized spacial score (nSPS) is 20.8. The van der Waals surface area contributed by atoms with Gasteiger partial charge in [-0.15, -0.1) is 0 Å². The van der Waals surface area contributed by atoms with Crippen molar-refractivity contribution in [2.45, 2.75) is 76.1 Å². The van der Waals surface area contributed by atoms with Gasteiger partial charge in [-0.2, -0.15) is 13.2 Å². The number of nitrogens with zero attached hydrogens (tertiary/aromatic N) is 2. The molecule has 9 nitrogen and oxygen atoms in total. The summed E-state index contributed by atoms with van der Waals surface area (Å²) in [6.07, 6.45) is -2.38. The van der Waals surface area contributed by atoms with Crippen molar-refractivity contribution < 1.29 is 41.8 Å². The maximum atomic E-state index is 14.2. The lowest BCUT2D eigenvalue weighted by Crippen LogP contribution is -2.74. The van der Waals surface area contributed by atoms with Crippen LogP contribution >= 0.6 is 0 Å². The molecule has 0 spiro atoms. The molecule has 2 fully saturated rings. The van der Waals surface area contributed by atoms with Crippen LogP contribution in [0.2, 0.25) is 0 Å². The van der Waals surface area contributed by atoms with E-state index in [4.69, 9.17) is 9.47 Å². The third-order valence-corrected chi connectivity index (χ3v) is 8.32. The van der Waals surface area contributed by atoms with E-state index < -0.39 is 77.8 Å². The van der Waals surface area contributed by atoms with E-state index in [1.165, 1.54) is 28.9 Å². The molecule has 0 aromatic heterocycles. The summed E-state index contributed by atoms with van der Waals surface area (Å²) in [5.74, 6) is -2.13. The summed E-state index contributed by atoms with van der Waals surface area (Å²) in [4.78, 5) is 57.2. The van der Waals surface area contributed by atoms with E-state index in [1.807, 2.05) is 60.7 Å². The van der Waals surface area contributed by atoms with E-state index in [2.05, 4.69) is 5.32 Å². The largest absolute Gasteiger partial charge is 0.460 e. The first-order valence-corrected chi connectivity index (χ1v) is 15.9. The van der Waals surface area contributed by atoms with Gasteiger partial charge in [-0.1, -0.05) is 84.9 Å². The van der Waals surface area contributed by atoms with Crippen molar-refractivity contribution in [1.29, 1.82) is 0 Å². The quantitative estimate of drug-likeness (QED) is 0.195. The van der Waals surface area contributed by atoms with Gasteiger partial charge in [-0.25, -0.2) is 4.79 Å². The lowest BCUT2D eigenvalue weighted by molar-refractivity contribution is -0.168. The molecule has 12 heteroatoms. The first-order chi connectivity index (χ1) is 23.1. The van der Waals surface area contributed by atoms with E-state index in [0.29, 0.717) is 0 Å². The molecule has 2 aliphatic rings. The number of halogens is 3. The first kappa shape index (κ1) is 35.2. The Balaban J connectivity index is 1.50. The number of amides is 3. The number of likely N-dealkylation sites (tertiary alicyclic amines) is 1. The lowest BCUT2D eigenvalue weighted by Gasteiger charge is -2.52. The third-order valence-electron chi connectivity index (χ3n) is 8.32. The summed E-state index contributed by atoms with van der Waals surface area (Å²) < 4.78 is 51.2. The van der Waals surface area contributed by atoms with Gasteiger partial charge in [-0.05, 0) is 56.5 Å². The third kappa shape index (κ3) is 8.13. The van der Waals surface area contributed by atoms with Crippen LogP contribution in [0.15, 0.2) is 91.0 Å². The Bertz CT molecular complexity index is 1710. The topological polar surface area (TPSA) is 105 Å². The molecule has 3 amide bonds. The van der Waals surface area contributed by atoms with Crippen molar-refractivity contribution in [2.24, 2.45) is 0 Å². The standard InChI is InChI=1S/C37H38F3N3O6/c1-23(26-16-11-17-27(20-26)37(38,39)40)41-33(45)29(21-31(44)49-36(2,3)4)42-28(19-18-24-12-7-5-8-13-24)32(34(42)46)43-30(22-48-35(43)47)25-14-9-6-10-15-25/h5-20,23,28-30,32H,21-22H2,1-4H3,(H,41,45)/t23-,28+,29+,30+,32-/m0/s1. The van der Waals surface area contributed by atoms with E-state index >= 15 is 0 Å². The minimum absolute atomic E-state index is 0.0120. The predicted octanol–water partition coefficient (Wildman–Crippen LogP) is 6.47. The number of hydrogen-bond donors (Lipinski definition) is 1. The van der Waals surface area contributed by atoms with Crippen LogP contribution in [0.1, 0.15) is 68.5 Å². The van der Waals surface area contributed by atoms with Crippen LogP contribution in [-0.2, 0) is 30.0 Å². The zero-order valence-corrected chi connectivity index (χ0v) is 27.5. The Morgan fingerprint density at radius 2 is 1.63 bits per heavy atom. The SMILES string of the molecule is C[C@H](NC(=O)[C@@H](CC(=O)OC(C)(C)C)N1C(=O)[C@@H](N2C(=O)OC[C@@H]2c2ccccc2)[C@H]1C=Cc1ccccc1)c1cccc(C(F)(F)F)c1. The van der Waals surface area contributed by atoms with Crippen LogP contribution in [0.25, 0.3) is 6.08 Å². The maximum absolute atomic E-state index is 14.2. The molecule has 3 aromatic carbocycles. The molecule has 0 unspecified atom stereocenters. The van der Waals surface area contributed by atoms with Crippen molar-refractivity contribution >= 4 is 30.0 Å². The van der Waals surface area contributed by atoms with Crippen molar-refractivity contribution in [1.82, 2.24) is 15.1 Å². The number of nitrogens with one attached hydrogen (secondary N) is 1. The summed E-state index contributed by atoms with van der Waals surface area (Å²) in [6.45, 7) is 6.51. The van der Waals surface area contributed by atoms with Crippen molar-refractivity contribution in [2.75, 3.05) is 6.61 Å². The summed E-state index contributed by atoms with van der Waals surface area (Å²) in [5, 5.41) is 2.70. The van der Waals surface area contributed by atoms with Gasteiger partial charge in [0, 0.05) is 0 Å². The van der Waals surface area contributed by atoms with E-state index in [9.17, 15) is 32.3 Å². The Morgan fingerprint density at radius 3 is 2.27 bits per heavy atom. The number of hydrogen-bond acceptors (Lipinski definition) is 6. The van der Waals surface area contributed by atoms with Crippen molar-refractivity contribution in [3.8, 4) is 0 Å². The number of rotatable bonds is 10. The van der Waals surface area contributed by atoms with Crippen molar-refractivity contribution in [3.63, 3.8) is 0 Å². The highest BCUT2D eigenvalue weighted by atomic mass is 19.4. The van der Waals surface area contributed by atoms with Crippen LogP contribution in [0, 0.1) is 0 Å².